The summed E-state index contributed by atoms with van der Waals surface area (Å²) in [4.78, 5) is 0. The standard InChI is InChI=1S/C25H34N2O4S/c1-4-16-12-22-17(13-24(16)31-32(26,28)29)5-7-21-20(22)9-10-25(3)18(6-8-23(21)25)14-19-11-15(2)27-30-19/h11-13,18,20-21,23H,4-10,14H2,1-3H3,(H2,26,28,29)/t18-,20+,21-,23+,25-/m1/s1. The Kier molecular flexibility index (Phi) is 5.40. The molecule has 2 aromatic rings. The number of hydrogen-bond acceptors (Lipinski definition) is 5. The van der Waals surface area contributed by atoms with E-state index in [0.717, 1.165) is 48.6 Å². The van der Waals surface area contributed by atoms with Crippen LogP contribution in [0.3, 0.4) is 0 Å². The molecule has 0 bridgehead atoms. The first-order chi connectivity index (χ1) is 15.2. The molecule has 7 heteroatoms. The third-order valence-electron chi connectivity index (χ3n) is 8.81. The number of aromatic nitrogens is 1. The summed E-state index contributed by atoms with van der Waals surface area (Å²) >= 11 is 0. The van der Waals surface area contributed by atoms with Crippen molar-refractivity contribution in [2.75, 3.05) is 0 Å². The minimum absolute atomic E-state index is 0.351. The predicted molar refractivity (Wildman–Crippen MR) is 123 cm³/mol. The van der Waals surface area contributed by atoms with E-state index in [1.807, 2.05) is 19.9 Å². The Labute approximate surface area is 191 Å². The largest absolute Gasteiger partial charge is 0.380 e. The van der Waals surface area contributed by atoms with Gasteiger partial charge in [-0.05, 0) is 104 Å². The molecule has 5 atom stereocenters. The maximum Gasteiger partial charge on any atom is 0.380 e. The molecule has 2 saturated carbocycles. The van der Waals surface area contributed by atoms with E-state index in [9.17, 15) is 8.42 Å². The van der Waals surface area contributed by atoms with E-state index in [-0.39, 0.29) is 0 Å². The Morgan fingerprint density at radius 1 is 1.22 bits per heavy atom. The van der Waals surface area contributed by atoms with Crippen LogP contribution in [-0.4, -0.2) is 13.6 Å². The lowest BCUT2D eigenvalue weighted by atomic mass is 9.54. The summed E-state index contributed by atoms with van der Waals surface area (Å²) in [5, 5.41) is 9.25. The van der Waals surface area contributed by atoms with E-state index in [4.69, 9.17) is 13.8 Å². The summed E-state index contributed by atoms with van der Waals surface area (Å²) in [6, 6.07) is 6.23. The first-order valence-electron chi connectivity index (χ1n) is 12.0. The zero-order valence-corrected chi connectivity index (χ0v) is 20.1. The summed E-state index contributed by atoms with van der Waals surface area (Å²) in [5.74, 6) is 4.05. The summed E-state index contributed by atoms with van der Waals surface area (Å²) in [5.41, 5.74) is 4.89. The van der Waals surface area contributed by atoms with Gasteiger partial charge in [0.1, 0.15) is 11.5 Å². The second-order valence-electron chi connectivity index (χ2n) is 10.5. The molecule has 1 aromatic heterocycles. The van der Waals surface area contributed by atoms with Crippen LogP contribution in [0.5, 0.6) is 5.75 Å². The van der Waals surface area contributed by atoms with Crippen LogP contribution in [0.15, 0.2) is 22.7 Å². The topological polar surface area (TPSA) is 95.4 Å². The molecule has 174 valence electrons. The molecule has 0 aliphatic heterocycles. The number of aryl methyl sites for hydroxylation is 3. The molecule has 0 unspecified atom stereocenters. The maximum absolute atomic E-state index is 11.5. The molecular weight excluding hydrogens is 424 g/mol. The van der Waals surface area contributed by atoms with Gasteiger partial charge < -0.3 is 8.71 Å². The van der Waals surface area contributed by atoms with E-state index in [2.05, 4.69) is 24.2 Å². The van der Waals surface area contributed by atoms with Gasteiger partial charge in [0, 0.05) is 12.5 Å². The Bertz CT molecular complexity index is 1120. The highest BCUT2D eigenvalue weighted by Crippen LogP contribution is 2.63. The van der Waals surface area contributed by atoms with Crippen LogP contribution in [0.25, 0.3) is 0 Å². The third kappa shape index (κ3) is 3.77. The molecule has 0 saturated heterocycles. The maximum atomic E-state index is 11.5. The van der Waals surface area contributed by atoms with Crippen LogP contribution in [0.1, 0.15) is 80.0 Å². The Morgan fingerprint density at radius 3 is 2.72 bits per heavy atom. The number of nitrogens with zero attached hydrogens (tertiary/aromatic N) is 1. The van der Waals surface area contributed by atoms with Crippen molar-refractivity contribution in [2.45, 2.75) is 78.1 Å². The van der Waals surface area contributed by atoms with Crippen molar-refractivity contribution in [3.63, 3.8) is 0 Å². The lowest BCUT2D eigenvalue weighted by molar-refractivity contribution is 0.0267. The third-order valence-corrected chi connectivity index (χ3v) is 9.23. The van der Waals surface area contributed by atoms with Gasteiger partial charge in [-0.1, -0.05) is 25.1 Å². The normalized spacial score (nSPS) is 31.6. The van der Waals surface area contributed by atoms with Gasteiger partial charge in [-0.25, -0.2) is 0 Å². The first kappa shape index (κ1) is 22.0. The summed E-state index contributed by atoms with van der Waals surface area (Å²) < 4.78 is 33.7. The van der Waals surface area contributed by atoms with Gasteiger partial charge in [0.15, 0.2) is 0 Å². The fourth-order valence-electron chi connectivity index (χ4n) is 7.32. The van der Waals surface area contributed by atoms with Crippen molar-refractivity contribution in [3.05, 3.63) is 46.3 Å². The molecule has 1 heterocycles. The molecule has 5 rings (SSSR count). The molecule has 0 amide bonds. The zero-order chi connectivity index (χ0) is 22.7. The van der Waals surface area contributed by atoms with Gasteiger partial charge in [0.25, 0.3) is 0 Å². The fourth-order valence-corrected chi connectivity index (χ4v) is 7.73. The lowest BCUT2D eigenvalue weighted by Gasteiger charge is -2.51. The second-order valence-corrected chi connectivity index (χ2v) is 11.6. The SMILES string of the molecule is CCc1cc2c(cc1OS(N)(=O)=O)CC[C@@H]1[C@@H]2CC[C@]2(C)[C@@H](Cc3cc(C)no3)CC[C@@H]12. The van der Waals surface area contributed by atoms with Crippen molar-refractivity contribution in [1.82, 2.24) is 5.16 Å². The molecule has 2 fully saturated rings. The molecular formula is C25H34N2O4S. The number of nitrogens with two attached hydrogens (primary N) is 1. The number of rotatable bonds is 5. The molecule has 0 spiro atoms. The first-order valence-corrected chi connectivity index (χ1v) is 13.4. The number of fused-ring (bicyclic) bond motifs is 5. The van der Waals surface area contributed by atoms with Crippen molar-refractivity contribution >= 4 is 10.3 Å². The van der Waals surface area contributed by atoms with Gasteiger partial charge in [-0.15, -0.1) is 0 Å². The monoisotopic (exact) mass is 458 g/mol. The fraction of sp³-hybridized carbons (Fsp3) is 0.640. The molecule has 2 N–H and O–H groups in total. The minimum atomic E-state index is -4.02. The van der Waals surface area contributed by atoms with Crippen LogP contribution >= 0.6 is 0 Å². The molecule has 3 aliphatic carbocycles. The van der Waals surface area contributed by atoms with E-state index >= 15 is 0 Å². The van der Waals surface area contributed by atoms with E-state index < -0.39 is 10.3 Å². The summed E-state index contributed by atoms with van der Waals surface area (Å²) in [6.07, 6.45) is 8.82. The van der Waals surface area contributed by atoms with Gasteiger partial charge in [0.2, 0.25) is 0 Å². The predicted octanol–water partition coefficient (Wildman–Crippen LogP) is 4.84. The molecule has 0 radical (unpaired) electrons. The van der Waals surface area contributed by atoms with Crippen LogP contribution in [0, 0.1) is 30.1 Å². The smallest absolute Gasteiger partial charge is 0.371 e. The highest BCUT2D eigenvalue weighted by Gasteiger charge is 2.54. The number of benzene rings is 1. The second kappa shape index (κ2) is 7.87. The minimum Gasteiger partial charge on any atom is -0.371 e. The molecule has 6 nitrogen and oxygen atoms in total. The molecule has 3 aliphatic rings. The van der Waals surface area contributed by atoms with Crippen molar-refractivity contribution < 1.29 is 17.1 Å². The summed E-state index contributed by atoms with van der Waals surface area (Å²) in [7, 11) is -4.02. The van der Waals surface area contributed by atoms with Crippen LogP contribution in [-0.2, 0) is 29.6 Å². The van der Waals surface area contributed by atoms with Crippen LogP contribution < -0.4 is 9.32 Å². The Balaban J connectivity index is 1.41. The lowest BCUT2D eigenvalue weighted by Crippen LogP contribution is -2.42. The highest BCUT2D eigenvalue weighted by atomic mass is 32.2. The van der Waals surface area contributed by atoms with E-state index in [0.29, 0.717) is 28.9 Å². The summed E-state index contributed by atoms with van der Waals surface area (Å²) in [6.45, 7) is 6.54. The van der Waals surface area contributed by atoms with Gasteiger partial charge in [-0.3, -0.25) is 0 Å². The van der Waals surface area contributed by atoms with Crippen LogP contribution in [0.4, 0.5) is 0 Å². The Morgan fingerprint density at radius 2 is 2.03 bits per heavy atom. The zero-order valence-electron chi connectivity index (χ0n) is 19.3. The Hall–Kier alpha value is -1.86. The average Bonchev–Trinajstić information content (AvgIpc) is 3.29. The van der Waals surface area contributed by atoms with Gasteiger partial charge in [0.05, 0.1) is 5.69 Å². The average molecular weight is 459 g/mol. The van der Waals surface area contributed by atoms with Gasteiger partial charge >= 0.3 is 10.3 Å². The van der Waals surface area contributed by atoms with Crippen molar-refractivity contribution in [2.24, 2.45) is 28.3 Å². The number of hydrogen-bond donors (Lipinski definition) is 1. The highest BCUT2D eigenvalue weighted by molar-refractivity contribution is 7.84. The van der Waals surface area contributed by atoms with E-state index in [1.54, 1.807) is 0 Å². The quantitative estimate of drug-likeness (QED) is 0.691. The molecule has 32 heavy (non-hydrogen) atoms. The van der Waals surface area contributed by atoms with Gasteiger partial charge in [-0.2, -0.15) is 13.6 Å². The van der Waals surface area contributed by atoms with Crippen molar-refractivity contribution in [3.8, 4) is 5.75 Å². The van der Waals surface area contributed by atoms with Crippen LogP contribution in [0.2, 0.25) is 0 Å². The van der Waals surface area contributed by atoms with Crippen molar-refractivity contribution in [1.29, 1.82) is 0 Å². The van der Waals surface area contributed by atoms with E-state index in [1.165, 1.54) is 36.8 Å². The molecule has 1 aromatic carbocycles.